The van der Waals surface area contributed by atoms with Gasteiger partial charge < -0.3 is 4.98 Å². The Bertz CT molecular complexity index is 784. The van der Waals surface area contributed by atoms with Crippen molar-refractivity contribution in [3.05, 3.63) is 66.9 Å². The lowest BCUT2D eigenvalue weighted by Crippen LogP contribution is -1.75. The van der Waals surface area contributed by atoms with Crippen LogP contribution in [0.2, 0.25) is 0 Å². The van der Waals surface area contributed by atoms with Crippen molar-refractivity contribution >= 4 is 32.7 Å². The number of pyridine rings is 1. The zero-order chi connectivity index (χ0) is 12.7. The molecule has 0 saturated heterocycles. The van der Waals surface area contributed by atoms with E-state index in [0.29, 0.717) is 0 Å². The Balaban J connectivity index is 2.29. The molecule has 0 spiro atoms. The smallest absolute Gasteiger partial charge is 0.0702 e. The van der Waals surface area contributed by atoms with E-state index in [1.54, 1.807) is 0 Å². The molecule has 0 radical (unpaired) electrons. The standard InChI is InChI=1S/C17H12N2/c1-6-15-7-2-12(1)14-5-10-17(18-11-14)13-3-8-16(19-15)9-4-13/h1-11,19H. The molecule has 2 nitrogen and oxygen atoms in total. The summed E-state index contributed by atoms with van der Waals surface area (Å²) in [6.45, 7) is 0. The molecule has 7 heterocycles. The summed E-state index contributed by atoms with van der Waals surface area (Å²) >= 11 is 0. The van der Waals surface area contributed by atoms with Gasteiger partial charge in [0.05, 0.1) is 5.52 Å². The third-order valence-electron chi connectivity index (χ3n) is 3.45. The van der Waals surface area contributed by atoms with Gasteiger partial charge in [0, 0.05) is 28.0 Å². The SMILES string of the molecule is c1cc2ccc1[nH]c1ccc(cc1)c1ccc2cn1. The fourth-order valence-corrected chi connectivity index (χ4v) is 2.37. The predicted octanol–water partition coefficient (Wildman–Crippen LogP) is 4.43. The van der Waals surface area contributed by atoms with Crippen LogP contribution in [0.15, 0.2) is 66.9 Å². The molecule has 0 saturated carbocycles. The highest BCUT2D eigenvalue weighted by Crippen LogP contribution is 2.16. The fraction of sp³-hybridized carbons (Fsp3) is 0. The Kier molecular flexibility index (Phi) is 2.15. The van der Waals surface area contributed by atoms with E-state index in [1.807, 2.05) is 6.20 Å². The number of hydrogen-bond donors (Lipinski definition) is 1. The highest BCUT2D eigenvalue weighted by molar-refractivity contribution is 5.86. The van der Waals surface area contributed by atoms with Crippen molar-refractivity contribution in [2.45, 2.75) is 0 Å². The molecule has 0 unspecified atom stereocenters. The Labute approximate surface area is 110 Å². The Morgan fingerprint density at radius 2 is 1.16 bits per heavy atom. The van der Waals surface area contributed by atoms with E-state index in [4.69, 9.17) is 0 Å². The second-order valence-electron chi connectivity index (χ2n) is 4.71. The van der Waals surface area contributed by atoms with Crippen molar-refractivity contribution < 1.29 is 0 Å². The van der Waals surface area contributed by atoms with E-state index in [0.717, 1.165) is 27.3 Å². The third-order valence-corrected chi connectivity index (χ3v) is 3.45. The minimum atomic E-state index is 1.00. The number of aromatic nitrogens is 2. The van der Waals surface area contributed by atoms with Crippen molar-refractivity contribution in [3.63, 3.8) is 0 Å². The van der Waals surface area contributed by atoms with E-state index in [2.05, 4.69) is 70.6 Å². The van der Waals surface area contributed by atoms with E-state index < -0.39 is 0 Å². The molecule has 9 rings (SSSR count). The molecule has 90 valence electrons. The number of hydrogen-bond acceptors (Lipinski definition) is 1. The van der Waals surface area contributed by atoms with Gasteiger partial charge in [-0.1, -0.05) is 30.3 Å². The monoisotopic (exact) mass is 244 g/mol. The van der Waals surface area contributed by atoms with Gasteiger partial charge >= 0.3 is 0 Å². The van der Waals surface area contributed by atoms with Crippen LogP contribution in [0.5, 0.6) is 0 Å². The molecule has 0 aliphatic heterocycles. The summed E-state index contributed by atoms with van der Waals surface area (Å²) in [5.41, 5.74) is 3.19. The molecule has 7 aromatic heterocycles. The topological polar surface area (TPSA) is 28.7 Å². The number of benzene rings is 2. The van der Waals surface area contributed by atoms with E-state index in [9.17, 15) is 0 Å². The first-order valence-corrected chi connectivity index (χ1v) is 6.32. The average molecular weight is 244 g/mol. The minimum absolute atomic E-state index is 1.00. The first-order valence-electron chi connectivity index (χ1n) is 6.32. The quantitative estimate of drug-likeness (QED) is 0.487. The van der Waals surface area contributed by atoms with Gasteiger partial charge in [-0.15, -0.1) is 0 Å². The van der Waals surface area contributed by atoms with Gasteiger partial charge in [-0.3, -0.25) is 4.98 Å². The predicted molar refractivity (Wildman–Crippen MR) is 79.9 cm³/mol. The maximum atomic E-state index is 4.55. The maximum absolute atomic E-state index is 4.55. The van der Waals surface area contributed by atoms with Gasteiger partial charge in [0.25, 0.3) is 0 Å². The van der Waals surface area contributed by atoms with Crippen molar-refractivity contribution in [3.8, 4) is 0 Å². The van der Waals surface area contributed by atoms with E-state index >= 15 is 0 Å². The van der Waals surface area contributed by atoms with Gasteiger partial charge in [-0.25, -0.2) is 0 Å². The van der Waals surface area contributed by atoms with Crippen LogP contribution in [0.1, 0.15) is 0 Å². The largest absolute Gasteiger partial charge is 0.356 e. The molecule has 0 fully saturated rings. The normalized spacial score (nSPS) is 11.2. The summed E-state index contributed by atoms with van der Waals surface area (Å²) in [7, 11) is 0. The maximum Gasteiger partial charge on any atom is 0.0702 e. The lowest BCUT2D eigenvalue weighted by molar-refractivity contribution is 1.44. The highest BCUT2D eigenvalue weighted by atomic mass is 14.7. The molecule has 0 aliphatic carbocycles. The molecule has 6 bridgehead atoms. The van der Waals surface area contributed by atoms with Gasteiger partial charge in [-0.2, -0.15) is 0 Å². The lowest BCUT2D eigenvalue weighted by atomic mass is 10.2. The van der Waals surface area contributed by atoms with Crippen molar-refractivity contribution in [1.29, 1.82) is 0 Å². The van der Waals surface area contributed by atoms with Crippen molar-refractivity contribution in [2.75, 3.05) is 0 Å². The number of nitrogens with zero attached hydrogens (tertiary/aromatic N) is 1. The van der Waals surface area contributed by atoms with Crippen LogP contribution >= 0.6 is 0 Å². The van der Waals surface area contributed by atoms with Crippen LogP contribution in [0, 0.1) is 0 Å². The number of H-pyrrole nitrogens is 1. The van der Waals surface area contributed by atoms with Crippen LogP contribution in [-0.4, -0.2) is 9.97 Å². The minimum Gasteiger partial charge on any atom is -0.356 e. The second kappa shape index (κ2) is 3.95. The summed E-state index contributed by atoms with van der Waals surface area (Å²) in [4.78, 5) is 7.95. The first kappa shape index (κ1) is 10.3. The molecular formula is C17H12N2. The fourth-order valence-electron chi connectivity index (χ4n) is 2.37. The summed E-state index contributed by atoms with van der Waals surface area (Å²) in [6, 6.07) is 21.0. The summed E-state index contributed by atoms with van der Waals surface area (Å²) in [6.07, 6.45) is 1.93. The van der Waals surface area contributed by atoms with Crippen LogP contribution in [0.3, 0.4) is 0 Å². The molecular weight excluding hydrogens is 232 g/mol. The molecule has 2 heteroatoms. The molecule has 0 atom stereocenters. The van der Waals surface area contributed by atoms with Crippen molar-refractivity contribution in [2.24, 2.45) is 0 Å². The third kappa shape index (κ3) is 1.78. The lowest BCUT2D eigenvalue weighted by Gasteiger charge is -1.94. The van der Waals surface area contributed by atoms with Crippen LogP contribution in [0.4, 0.5) is 0 Å². The molecule has 19 heavy (non-hydrogen) atoms. The summed E-state index contributed by atoms with van der Waals surface area (Å²) < 4.78 is 0. The molecule has 9 aromatic rings. The van der Waals surface area contributed by atoms with Crippen molar-refractivity contribution in [1.82, 2.24) is 9.97 Å². The summed E-state index contributed by atoms with van der Waals surface area (Å²) in [5.74, 6) is 0. The zero-order valence-corrected chi connectivity index (χ0v) is 10.3. The Morgan fingerprint density at radius 1 is 0.579 bits per heavy atom. The van der Waals surface area contributed by atoms with Gasteiger partial charge in [0.15, 0.2) is 0 Å². The molecule has 1 N–H and O–H groups in total. The highest BCUT2D eigenvalue weighted by Gasteiger charge is 1.94. The Hall–Kier alpha value is -2.61. The summed E-state index contributed by atoms with van der Waals surface area (Å²) in [5, 5.41) is 3.47. The number of rotatable bonds is 0. The molecule has 2 aromatic carbocycles. The van der Waals surface area contributed by atoms with Gasteiger partial charge in [0.1, 0.15) is 0 Å². The van der Waals surface area contributed by atoms with Crippen LogP contribution in [-0.2, 0) is 0 Å². The van der Waals surface area contributed by atoms with E-state index in [-0.39, 0.29) is 0 Å². The van der Waals surface area contributed by atoms with Gasteiger partial charge in [-0.05, 0) is 35.7 Å². The molecule has 0 aliphatic rings. The van der Waals surface area contributed by atoms with Crippen LogP contribution in [0.25, 0.3) is 32.7 Å². The van der Waals surface area contributed by atoms with Crippen LogP contribution < -0.4 is 0 Å². The van der Waals surface area contributed by atoms with E-state index in [1.165, 1.54) is 5.39 Å². The first-order chi connectivity index (χ1) is 9.38. The Morgan fingerprint density at radius 3 is 1.74 bits per heavy atom. The molecule has 0 amide bonds. The number of nitrogens with one attached hydrogen (secondary N) is 1. The number of aromatic amines is 1. The average Bonchev–Trinajstić information content (AvgIpc) is 2.54. The zero-order valence-electron chi connectivity index (χ0n) is 10.3. The van der Waals surface area contributed by atoms with Gasteiger partial charge in [0.2, 0.25) is 0 Å². The second-order valence-corrected chi connectivity index (χ2v) is 4.71.